The molecule has 0 radical (unpaired) electrons. The lowest BCUT2D eigenvalue weighted by atomic mass is 9.85. The summed E-state index contributed by atoms with van der Waals surface area (Å²) in [7, 11) is 0. The van der Waals surface area contributed by atoms with Crippen molar-refractivity contribution >= 4 is 0 Å². The Morgan fingerprint density at radius 3 is 2.80 bits per heavy atom. The van der Waals surface area contributed by atoms with Crippen LogP contribution in [0.15, 0.2) is 43.0 Å². The average molecular weight is 274 g/mol. The van der Waals surface area contributed by atoms with Crippen molar-refractivity contribution in [2.45, 2.75) is 32.6 Å². The van der Waals surface area contributed by atoms with Crippen molar-refractivity contribution in [1.82, 2.24) is 0 Å². The third-order valence-electron chi connectivity index (χ3n) is 3.90. The van der Waals surface area contributed by atoms with Gasteiger partial charge in [0.15, 0.2) is 11.6 Å². The first-order valence-corrected chi connectivity index (χ1v) is 7.45. The third-order valence-corrected chi connectivity index (χ3v) is 3.90. The van der Waals surface area contributed by atoms with Gasteiger partial charge in [-0.1, -0.05) is 24.3 Å². The van der Waals surface area contributed by atoms with Crippen LogP contribution in [0.4, 0.5) is 4.39 Å². The van der Waals surface area contributed by atoms with E-state index < -0.39 is 0 Å². The molecule has 0 aliphatic heterocycles. The smallest absolute Gasteiger partial charge is 0.165 e. The normalized spacial score (nSPS) is 21.7. The predicted molar refractivity (Wildman–Crippen MR) is 81.4 cm³/mol. The largest absolute Gasteiger partial charge is 0.491 e. The maximum absolute atomic E-state index is 13.7. The summed E-state index contributed by atoms with van der Waals surface area (Å²) in [6.07, 6.45) is 10.9. The fourth-order valence-electron chi connectivity index (χ4n) is 2.66. The monoisotopic (exact) mass is 274 g/mol. The molecule has 1 aliphatic rings. The van der Waals surface area contributed by atoms with E-state index >= 15 is 0 Å². The Bertz CT molecular complexity index is 478. The van der Waals surface area contributed by atoms with E-state index in [9.17, 15) is 4.39 Å². The summed E-state index contributed by atoms with van der Waals surface area (Å²) in [6, 6.07) is 5.30. The molecule has 1 aromatic rings. The molecular formula is C18H23FO. The van der Waals surface area contributed by atoms with Crippen LogP contribution >= 0.6 is 0 Å². The first-order valence-electron chi connectivity index (χ1n) is 7.45. The van der Waals surface area contributed by atoms with Crippen molar-refractivity contribution < 1.29 is 9.13 Å². The second-order valence-electron chi connectivity index (χ2n) is 5.36. The molecule has 1 aliphatic carbocycles. The number of aryl methyl sites for hydroxylation is 1. The first kappa shape index (κ1) is 14.8. The highest BCUT2D eigenvalue weighted by Gasteiger charge is 2.14. The molecule has 0 bridgehead atoms. The zero-order valence-corrected chi connectivity index (χ0v) is 12.1. The van der Waals surface area contributed by atoms with E-state index in [1.54, 1.807) is 12.1 Å². The maximum Gasteiger partial charge on any atom is 0.165 e. The van der Waals surface area contributed by atoms with Crippen molar-refractivity contribution in [3.63, 3.8) is 0 Å². The Morgan fingerprint density at radius 2 is 2.20 bits per heavy atom. The van der Waals surface area contributed by atoms with Crippen LogP contribution < -0.4 is 4.74 Å². The van der Waals surface area contributed by atoms with E-state index in [0.717, 1.165) is 18.4 Å². The lowest BCUT2D eigenvalue weighted by molar-refractivity contribution is 0.321. The van der Waals surface area contributed by atoms with Crippen molar-refractivity contribution in [2.75, 3.05) is 6.61 Å². The Morgan fingerprint density at radius 1 is 1.35 bits per heavy atom. The quantitative estimate of drug-likeness (QED) is 0.669. The molecule has 1 aromatic carbocycles. The minimum absolute atomic E-state index is 0.254. The van der Waals surface area contributed by atoms with E-state index in [1.807, 2.05) is 19.1 Å². The van der Waals surface area contributed by atoms with E-state index in [0.29, 0.717) is 24.2 Å². The van der Waals surface area contributed by atoms with Crippen LogP contribution in [0.3, 0.4) is 0 Å². The van der Waals surface area contributed by atoms with Gasteiger partial charge >= 0.3 is 0 Å². The number of rotatable bonds is 6. The van der Waals surface area contributed by atoms with Gasteiger partial charge in [-0.25, -0.2) is 4.39 Å². The van der Waals surface area contributed by atoms with Crippen molar-refractivity contribution in [2.24, 2.45) is 11.8 Å². The van der Waals surface area contributed by atoms with Gasteiger partial charge in [-0.2, -0.15) is 0 Å². The van der Waals surface area contributed by atoms with Crippen LogP contribution in [-0.2, 0) is 6.42 Å². The van der Waals surface area contributed by atoms with Crippen LogP contribution in [0.2, 0.25) is 0 Å². The van der Waals surface area contributed by atoms with Gasteiger partial charge in [-0.3, -0.25) is 0 Å². The number of halogens is 1. The molecule has 2 heteroatoms. The highest BCUT2D eigenvalue weighted by molar-refractivity contribution is 5.29. The maximum atomic E-state index is 13.7. The minimum Gasteiger partial charge on any atom is -0.491 e. The van der Waals surface area contributed by atoms with E-state index in [-0.39, 0.29) is 5.82 Å². The number of ether oxygens (including phenoxy) is 1. The number of allylic oxidation sites excluding steroid dienone is 3. The lowest BCUT2D eigenvalue weighted by Crippen LogP contribution is -2.08. The van der Waals surface area contributed by atoms with Crippen LogP contribution in [0.1, 0.15) is 31.7 Å². The third kappa shape index (κ3) is 3.96. The van der Waals surface area contributed by atoms with Gasteiger partial charge in [0.2, 0.25) is 0 Å². The summed E-state index contributed by atoms with van der Waals surface area (Å²) in [4.78, 5) is 0. The summed E-state index contributed by atoms with van der Waals surface area (Å²) < 4.78 is 19.0. The molecule has 1 nitrogen and oxygen atoms in total. The van der Waals surface area contributed by atoms with E-state index in [2.05, 4.69) is 18.7 Å². The number of hydrogen-bond donors (Lipinski definition) is 0. The zero-order valence-electron chi connectivity index (χ0n) is 12.1. The van der Waals surface area contributed by atoms with Gasteiger partial charge in [-0.05, 0) is 62.1 Å². The second-order valence-corrected chi connectivity index (χ2v) is 5.36. The molecule has 0 heterocycles. The molecule has 2 rings (SSSR count). The minimum atomic E-state index is -0.254. The Hall–Kier alpha value is -1.57. The summed E-state index contributed by atoms with van der Waals surface area (Å²) in [6.45, 7) is 6.19. The van der Waals surface area contributed by atoms with Gasteiger partial charge in [0.1, 0.15) is 0 Å². The zero-order chi connectivity index (χ0) is 14.4. The van der Waals surface area contributed by atoms with Crippen LogP contribution in [-0.4, -0.2) is 6.61 Å². The Kier molecular flexibility index (Phi) is 5.40. The van der Waals surface area contributed by atoms with Gasteiger partial charge in [0.25, 0.3) is 0 Å². The first-order chi connectivity index (χ1) is 9.72. The topological polar surface area (TPSA) is 9.23 Å². The van der Waals surface area contributed by atoms with Crippen molar-refractivity contribution in [1.29, 1.82) is 0 Å². The second kappa shape index (κ2) is 7.28. The lowest BCUT2D eigenvalue weighted by Gasteiger charge is -2.20. The summed E-state index contributed by atoms with van der Waals surface area (Å²) >= 11 is 0. The van der Waals surface area contributed by atoms with Gasteiger partial charge in [0.05, 0.1) is 6.61 Å². The molecule has 0 saturated carbocycles. The SMILES string of the molecule is C=CC1C=CC(CCc2ccc(OCC)c(F)c2)CC1. The summed E-state index contributed by atoms with van der Waals surface area (Å²) in [5.41, 5.74) is 1.05. The van der Waals surface area contributed by atoms with Gasteiger partial charge < -0.3 is 4.74 Å². The average Bonchev–Trinajstić information content (AvgIpc) is 2.48. The van der Waals surface area contributed by atoms with Crippen LogP contribution in [0.5, 0.6) is 5.75 Å². The molecule has 0 saturated heterocycles. The molecular weight excluding hydrogens is 251 g/mol. The van der Waals surface area contributed by atoms with Gasteiger partial charge in [0, 0.05) is 0 Å². The summed E-state index contributed by atoms with van der Waals surface area (Å²) in [5.74, 6) is 1.24. The highest BCUT2D eigenvalue weighted by Crippen LogP contribution is 2.27. The van der Waals surface area contributed by atoms with E-state index in [1.165, 1.54) is 12.8 Å². The molecule has 0 aromatic heterocycles. The van der Waals surface area contributed by atoms with Crippen molar-refractivity contribution in [3.8, 4) is 5.75 Å². The predicted octanol–water partition coefficient (Wildman–Crippen LogP) is 4.93. The van der Waals surface area contributed by atoms with Gasteiger partial charge in [-0.15, -0.1) is 6.58 Å². The van der Waals surface area contributed by atoms with E-state index in [4.69, 9.17) is 4.74 Å². The fourth-order valence-corrected chi connectivity index (χ4v) is 2.66. The molecule has 0 fully saturated rings. The molecule has 108 valence electrons. The fraction of sp³-hybridized carbons (Fsp3) is 0.444. The molecule has 0 spiro atoms. The Labute approximate surface area is 121 Å². The van der Waals surface area contributed by atoms with Crippen LogP contribution in [0, 0.1) is 17.7 Å². The molecule has 0 amide bonds. The van der Waals surface area contributed by atoms with Crippen LogP contribution in [0.25, 0.3) is 0 Å². The Balaban J connectivity index is 1.88. The molecule has 2 unspecified atom stereocenters. The molecule has 0 N–H and O–H groups in total. The highest BCUT2D eigenvalue weighted by atomic mass is 19.1. The molecule has 20 heavy (non-hydrogen) atoms. The van der Waals surface area contributed by atoms with Crippen molar-refractivity contribution in [3.05, 3.63) is 54.4 Å². The standard InChI is InChI=1S/C18H23FO/c1-3-14-5-7-15(8-6-14)9-10-16-11-12-18(20-4-2)17(19)13-16/h3,5,7,11-15H,1,4,6,8-10H2,2H3. The molecule has 2 atom stereocenters. The number of hydrogen-bond acceptors (Lipinski definition) is 1. The number of benzene rings is 1. The summed E-state index contributed by atoms with van der Waals surface area (Å²) in [5, 5.41) is 0.